The number of fused-ring (bicyclic) bond motifs is 3. The smallest absolute Gasteiger partial charge is 0.405 e. The van der Waals surface area contributed by atoms with Gasteiger partial charge in [0.05, 0.1) is 11.1 Å². The Bertz CT molecular complexity index is 1200. The molecule has 2 heterocycles. The van der Waals surface area contributed by atoms with Crippen molar-refractivity contribution in [3.63, 3.8) is 0 Å². The van der Waals surface area contributed by atoms with Crippen molar-refractivity contribution >= 4 is 32.5 Å². The number of benzene rings is 2. The summed E-state index contributed by atoms with van der Waals surface area (Å²) in [5.41, 5.74) is 0.203. The van der Waals surface area contributed by atoms with Crippen LogP contribution in [0, 0.1) is 0 Å². The summed E-state index contributed by atoms with van der Waals surface area (Å²) in [4.78, 5) is 19.2. The number of para-hydroxylation sites is 2. The Labute approximate surface area is 151 Å². The van der Waals surface area contributed by atoms with Crippen molar-refractivity contribution in [1.82, 2.24) is 19.6 Å². The Morgan fingerprint density at radius 2 is 1.88 bits per heavy atom. The molecule has 2 aromatic carbocycles. The number of alkyl halides is 3. The molecule has 0 aliphatic rings. The van der Waals surface area contributed by atoms with E-state index in [1.54, 1.807) is 18.2 Å². The molecule has 0 aliphatic carbocycles. The van der Waals surface area contributed by atoms with E-state index in [1.165, 1.54) is 18.2 Å². The average Bonchev–Trinajstić information content (AvgIpc) is 3.01. The van der Waals surface area contributed by atoms with Gasteiger partial charge in [0, 0.05) is 9.86 Å². The van der Waals surface area contributed by atoms with Gasteiger partial charge in [0.15, 0.2) is 11.5 Å². The van der Waals surface area contributed by atoms with E-state index in [2.05, 4.69) is 35.7 Å². The highest BCUT2D eigenvalue weighted by Gasteiger charge is 2.32. The molecule has 0 saturated heterocycles. The molecule has 26 heavy (non-hydrogen) atoms. The fourth-order valence-electron chi connectivity index (χ4n) is 2.60. The van der Waals surface area contributed by atoms with Crippen LogP contribution in [-0.2, 0) is 0 Å². The predicted molar refractivity (Wildman–Crippen MR) is 90.9 cm³/mol. The van der Waals surface area contributed by atoms with Gasteiger partial charge in [-0.25, -0.2) is 9.78 Å². The summed E-state index contributed by atoms with van der Waals surface area (Å²) in [6.45, 7) is 0. The van der Waals surface area contributed by atoms with Crippen molar-refractivity contribution in [1.29, 1.82) is 0 Å². The molecule has 4 aromatic rings. The number of H-pyrrole nitrogens is 1. The summed E-state index contributed by atoms with van der Waals surface area (Å²) in [5.74, 6) is -0.499. The number of aromatic amines is 1. The molecule has 0 unspecified atom stereocenters. The van der Waals surface area contributed by atoms with Crippen LogP contribution >= 0.6 is 15.9 Å². The standard InChI is InChI=1S/C16H8BrF3N4O2/c17-10-6-3-5-9-12(10)21-15(25)24-14(9)22-13(23-24)8-4-1-2-7-11(8)26-16(18,19)20/h1-7H,(H,21,25). The Morgan fingerprint density at radius 3 is 2.65 bits per heavy atom. The van der Waals surface area contributed by atoms with Gasteiger partial charge in [-0.3, -0.25) is 0 Å². The lowest BCUT2D eigenvalue weighted by Crippen LogP contribution is -2.18. The maximum Gasteiger partial charge on any atom is 0.573 e. The molecule has 0 amide bonds. The minimum absolute atomic E-state index is 0.0241. The van der Waals surface area contributed by atoms with Crippen molar-refractivity contribution in [3.8, 4) is 17.1 Å². The van der Waals surface area contributed by atoms with Crippen LogP contribution in [0.3, 0.4) is 0 Å². The molecule has 0 fully saturated rings. The van der Waals surface area contributed by atoms with Gasteiger partial charge in [0.25, 0.3) is 0 Å². The van der Waals surface area contributed by atoms with Crippen LogP contribution in [0.2, 0.25) is 0 Å². The van der Waals surface area contributed by atoms with E-state index in [-0.39, 0.29) is 17.0 Å². The van der Waals surface area contributed by atoms with Gasteiger partial charge in [-0.1, -0.05) is 18.2 Å². The first-order valence-corrected chi connectivity index (χ1v) is 8.05. The summed E-state index contributed by atoms with van der Waals surface area (Å²) in [7, 11) is 0. The van der Waals surface area contributed by atoms with Crippen LogP contribution in [0.4, 0.5) is 13.2 Å². The highest BCUT2D eigenvalue weighted by Crippen LogP contribution is 2.32. The molecule has 0 spiro atoms. The summed E-state index contributed by atoms with van der Waals surface area (Å²) < 4.78 is 43.6. The first kappa shape index (κ1) is 16.6. The van der Waals surface area contributed by atoms with Crippen molar-refractivity contribution in [2.24, 2.45) is 0 Å². The average molecular weight is 425 g/mol. The third-order valence-electron chi connectivity index (χ3n) is 3.64. The molecule has 10 heteroatoms. The zero-order valence-corrected chi connectivity index (χ0v) is 14.3. The van der Waals surface area contributed by atoms with Gasteiger partial charge in [-0.2, -0.15) is 4.52 Å². The Hall–Kier alpha value is -2.88. The van der Waals surface area contributed by atoms with Gasteiger partial charge < -0.3 is 9.72 Å². The van der Waals surface area contributed by atoms with E-state index in [9.17, 15) is 18.0 Å². The number of aromatic nitrogens is 4. The number of hydrogen-bond acceptors (Lipinski definition) is 4. The van der Waals surface area contributed by atoms with Crippen molar-refractivity contribution in [2.75, 3.05) is 0 Å². The molecular weight excluding hydrogens is 417 g/mol. The monoisotopic (exact) mass is 424 g/mol. The van der Waals surface area contributed by atoms with E-state index in [4.69, 9.17) is 0 Å². The topological polar surface area (TPSA) is 72.3 Å². The minimum atomic E-state index is -4.86. The highest BCUT2D eigenvalue weighted by molar-refractivity contribution is 9.10. The molecule has 0 radical (unpaired) electrons. The molecular formula is C16H8BrF3N4O2. The Morgan fingerprint density at radius 1 is 1.12 bits per heavy atom. The SMILES string of the molecule is O=c1[nH]c2c(Br)cccc2c2nc(-c3ccccc3OC(F)(F)F)nn12. The van der Waals surface area contributed by atoms with E-state index >= 15 is 0 Å². The maximum absolute atomic E-state index is 12.6. The van der Waals surface area contributed by atoms with Gasteiger partial charge in [-0.15, -0.1) is 18.3 Å². The third-order valence-corrected chi connectivity index (χ3v) is 4.30. The van der Waals surface area contributed by atoms with Crippen molar-refractivity contribution < 1.29 is 17.9 Å². The molecule has 0 saturated carbocycles. The van der Waals surface area contributed by atoms with Gasteiger partial charge in [0.1, 0.15) is 5.75 Å². The number of halogens is 4. The molecule has 0 aliphatic heterocycles. The van der Waals surface area contributed by atoms with E-state index in [0.717, 1.165) is 10.6 Å². The quantitative estimate of drug-likeness (QED) is 0.529. The lowest BCUT2D eigenvalue weighted by molar-refractivity contribution is -0.274. The maximum atomic E-state index is 12.6. The molecule has 4 rings (SSSR count). The number of ether oxygens (including phenoxy) is 1. The number of nitrogens with zero attached hydrogens (tertiary/aromatic N) is 3. The molecule has 1 N–H and O–H groups in total. The van der Waals surface area contributed by atoms with E-state index < -0.39 is 17.8 Å². The second-order valence-electron chi connectivity index (χ2n) is 5.31. The molecule has 0 atom stereocenters. The van der Waals surface area contributed by atoms with Crippen LogP contribution in [0.15, 0.2) is 51.7 Å². The van der Waals surface area contributed by atoms with Gasteiger partial charge in [0.2, 0.25) is 0 Å². The number of nitrogens with one attached hydrogen (secondary N) is 1. The van der Waals surface area contributed by atoms with Gasteiger partial charge >= 0.3 is 12.1 Å². The largest absolute Gasteiger partial charge is 0.573 e. The summed E-state index contributed by atoms with van der Waals surface area (Å²) >= 11 is 3.34. The van der Waals surface area contributed by atoms with Crippen molar-refractivity contribution in [3.05, 3.63) is 57.4 Å². The molecule has 2 aromatic heterocycles. The normalized spacial score (nSPS) is 12.0. The lowest BCUT2D eigenvalue weighted by Gasteiger charge is -2.11. The molecule has 132 valence electrons. The van der Waals surface area contributed by atoms with Crippen LogP contribution in [-0.4, -0.2) is 25.9 Å². The predicted octanol–water partition coefficient (Wildman–Crippen LogP) is 3.90. The first-order valence-electron chi connectivity index (χ1n) is 7.26. The second-order valence-corrected chi connectivity index (χ2v) is 6.16. The van der Waals surface area contributed by atoms with Crippen molar-refractivity contribution in [2.45, 2.75) is 6.36 Å². The summed E-state index contributed by atoms with van der Waals surface area (Å²) in [6.07, 6.45) is -4.86. The summed E-state index contributed by atoms with van der Waals surface area (Å²) in [5, 5.41) is 4.64. The third kappa shape index (κ3) is 2.81. The number of hydrogen-bond donors (Lipinski definition) is 1. The van der Waals surface area contributed by atoms with Crippen LogP contribution in [0.5, 0.6) is 5.75 Å². The van der Waals surface area contributed by atoms with Gasteiger partial charge in [-0.05, 0) is 40.2 Å². The van der Waals surface area contributed by atoms with E-state index in [1.807, 2.05) is 0 Å². The second kappa shape index (κ2) is 5.84. The molecule has 0 bridgehead atoms. The fourth-order valence-corrected chi connectivity index (χ4v) is 3.07. The van der Waals surface area contributed by atoms with Crippen LogP contribution < -0.4 is 10.4 Å². The highest BCUT2D eigenvalue weighted by atomic mass is 79.9. The Balaban J connectivity index is 1.98. The molecule has 6 nitrogen and oxygen atoms in total. The van der Waals surface area contributed by atoms with E-state index in [0.29, 0.717) is 15.4 Å². The zero-order valence-electron chi connectivity index (χ0n) is 12.7. The Kier molecular flexibility index (Phi) is 3.72. The zero-order chi connectivity index (χ0) is 18.5. The fraction of sp³-hybridized carbons (Fsp3) is 0.0625. The number of rotatable bonds is 2. The lowest BCUT2D eigenvalue weighted by atomic mass is 10.2. The van der Waals surface area contributed by atoms with Crippen LogP contribution in [0.25, 0.3) is 27.9 Å². The minimum Gasteiger partial charge on any atom is -0.405 e. The van der Waals surface area contributed by atoms with Crippen LogP contribution in [0.1, 0.15) is 0 Å². The first-order chi connectivity index (χ1) is 12.3. The summed E-state index contributed by atoms with van der Waals surface area (Å²) in [6, 6.07) is 10.7.